The first-order valence-electron chi connectivity index (χ1n) is 5.77. The molecule has 98 valence electrons. The molecule has 1 amide bonds. The van der Waals surface area contributed by atoms with Crippen molar-refractivity contribution >= 4 is 11.6 Å². The van der Waals surface area contributed by atoms with Crippen LogP contribution >= 0.6 is 0 Å². The lowest BCUT2D eigenvalue weighted by atomic mass is 10.2. The smallest absolute Gasteiger partial charge is 0.267 e. The van der Waals surface area contributed by atoms with E-state index in [4.69, 9.17) is 5.73 Å². The van der Waals surface area contributed by atoms with Crippen LogP contribution in [0.3, 0.4) is 0 Å². The molecule has 0 aliphatic carbocycles. The molecule has 0 spiro atoms. The summed E-state index contributed by atoms with van der Waals surface area (Å²) in [6.07, 6.45) is 1.54. The predicted molar refractivity (Wildman–Crippen MR) is 71.3 cm³/mol. The van der Waals surface area contributed by atoms with Crippen molar-refractivity contribution in [3.8, 4) is 0 Å². The van der Waals surface area contributed by atoms with Crippen LogP contribution in [0.4, 0.5) is 10.1 Å². The number of nitrogens with zero attached hydrogens (tertiary/aromatic N) is 2. The van der Waals surface area contributed by atoms with E-state index in [-0.39, 0.29) is 11.5 Å². The third-order valence-electron chi connectivity index (χ3n) is 2.77. The van der Waals surface area contributed by atoms with Gasteiger partial charge in [0.25, 0.3) is 5.91 Å². The van der Waals surface area contributed by atoms with Gasteiger partial charge < -0.3 is 10.6 Å². The molecule has 0 aliphatic rings. The van der Waals surface area contributed by atoms with Crippen LogP contribution in [0, 0.1) is 5.82 Å². The third kappa shape index (κ3) is 3.28. The molecule has 0 unspecified atom stereocenters. The van der Waals surface area contributed by atoms with E-state index in [0.29, 0.717) is 6.54 Å². The molecule has 0 atom stereocenters. The number of anilines is 1. The number of benzene rings is 1. The molecular weight excluding hydrogens is 245 g/mol. The number of primary amides is 1. The maximum atomic E-state index is 12.8. The Hall–Kier alpha value is -2.43. The Morgan fingerprint density at radius 2 is 2.00 bits per heavy atom. The van der Waals surface area contributed by atoms with Gasteiger partial charge in [0.1, 0.15) is 11.5 Å². The highest BCUT2D eigenvalue weighted by molar-refractivity contribution is 5.91. The van der Waals surface area contributed by atoms with Gasteiger partial charge in [0, 0.05) is 25.5 Å². The predicted octanol–water partition coefficient (Wildman–Crippen LogP) is 1.96. The zero-order valence-corrected chi connectivity index (χ0v) is 10.5. The number of carbonyl (C=O) groups is 1. The lowest BCUT2D eigenvalue weighted by molar-refractivity contribution is 0.0995. The van der Waals surface area contributed by atoms with Gasteiger partial charge >= 0.3 is 0 Å². The van der Waals surface area contributed by atoms with Crippen LogP contribution < -0.4 is 10.6 Å². The molecule has 4 nitrogen and oxygen atoms in total. The quantitative estimate of drug-likeness (QED) is 0.913. The number of carbonyl (C=O) groups excluding carboxylic acids is 1. The molecule has 0 bridgehead atoms. The molecule has 1 aromatic heterocycles. The summed E-state index contributed by atoms with van der Waals surface area (Å²) in [5.74, 6) is -0.816. The molecule has 0 aliphatic heterocycles. The van der Waals surface area contributed by atoms with Crippen molar-refractivity contribution in [1.29, 1.82) is 0 Å². The second kappa shape index (κ2) is 5.48. The number of nitrogens with two attached hydrogens (primary N) is 1. The van der Waals surface area contributed by atoms with Crippen molar-refractivity contribution in [2.24, 2.45) is 5.73 Å². The van der Waals surface area contributed by atoms with Crippen molar-refractivity contribution in [2.45, 2.75) is 6.54 Å². The Balaban J connectivity index is 2.15. The summed E-state index contributed by atoms with van der Waals surface area (Å²) in [4.78, 5) is 16.9. The highest BCUT2D eigenvalue weighted by Crippen LogP contribution is 2.16. The topological polar surface area (TPSA) is 59.2 Å². The first-order valence-corrected chi connectivity index (χ1v) is 5.77. The van der Waals surface area contributed by atoms with E-state index in [1.165, 1.54) is 18.3 Å². The van der Waals surface area contributed by atoms with Crippen LogP contribution in [0.25, 0.3) is 0 Å². The Morgan fingerprint density at radius 3 is 2.63 bits per heavy atom. The first-order chi connectivity index (χ1) is 9.06. The zero-order valence-electron chi connectivity index (χ0n) is 10.5. The van der Waals surface area contributed by atoms with E-state index in [0.717, 1.165) is 11.3 Å². The lowest BCUT2D eigenvalue weighted by Crippen LogP contribution is -2.18. The van der Waals surface area contributed by atoms with Gasteiger partial charge in [0.2, 0.25) is 0 Å². The molecule has 0 saturated carbocycles. The van der Waals surface area contributed by atoms with Crippen LogP contribution in [0.2, 0.25) is 0 Å². The minimum Gasteiger partial charge on any atom is -0.370 e. The van der Waals surface area contributed by atoms with Crippen LogP contribution in [0.5, 0.6) is 0 Å². The summed E-state index contributed by atoms with van der Waals surface area (Å²) in [5, 5.41) is 0. The maximum absolute atomic E-state index is 12.8. The molecular formula is C14H14FN3O. The number of rotatable bonds is 4. The van der Waals surface area contributed by atoms with Gasteiger partial charge in [-0.25, -0.2) is 4.39 Å². The lowest BCUT2D eigenvalue weighted by Gasteiger charge is -2.19. The van der Waals surface area contributed by atoms with Crippen LogP contribution in [0.1, 0.15) is 16.1 Å². The molecule has 2 N–H and O–H groups in total. The molecule has 2 aromatic rings. The second-order valence-electron chi connectivity index (χ2n) is 4.25. The van der Waals surface area contributed by atoms with Crippen LogP contribution in [0.15, 0.2) is 42.6 Å². The number of halogens is 1. The van der Waals surface area contributed by atoms with E-state index in [1.54, 1.807) is 24.3 Å². The highest BCUT2D eigenvalue weighted by Gasteiger charge is 2.07. The Labute approximate surface area is 110 Å². The third-order valence-corrected chi connectivity index (χ3v) is 2.77. The SMILES string of the molecule is CN(Cc1ccc(F)cc1)c1ccnc(C(N)=O)c1. The molecule has 0 radical (unpaired) electrons. The summed E-state index contributed by atoms with van der Waals surface area (Å²) in [6, 6.07) is 9.71. The van der Waals surface area contributed by atoms with Crippen LogP contribution in [-0.4, -0.2) is 17.9 Å². The Kier molecular flexibility index (Phi) is 3.75. The molecule has 5 heteroatoms. The van der Waals surface area contributed by atoms with Crippen molar-refractivity contribution < 1.29 is 9.18 Å². The fraction of sp³-hybridized carbons (Fsp3) is 0.143. The molecule has 1 heterocycles. The van der Waals surface area contributed by atoms with E-state index in [2.05, 4.69) is 4.98 Å². The fourth-order valence-electron chi connectivity index (χ4n) is 1.75. The number of hydrogen-bond acceptors (Lipinski definition) is 3. The van der Waals surface area contributed by atoms with Gasteiger partial charge in [-0.05, 0) is 29.8 Å². The zero-order chi connectivity index (χ0) is 13.8. The number of pyridine rings is 1. The standard InChI is InChI=1S/C14H14FN3O/c1-18(9-10-2-4-11(15)5-3-10)12-6-7-17-13(8-12)14(16)19/h2-8H,9H2,1H3,(H2,16,19). The van der Waals surface area contributed by atoms with Gasteiger partial charge in [-0.15, -0.1) is 0 Å². The van der Waals surface area contributed by atoms with Gasteiger partial charge in [-0.2, -0.15) is 0 Å². The summed E-state index contributed by atoms with van der Waals surface area (Å²) >= 11 is 0. The number of hydrogen-bond donors (Lipinski definition) is 1. The van der Waals surface area contributed by atoms with Crippen molar-refractivity contribution in [2.75, 3.05) is 11.9 Å². The van der Waals surface area contributed by atoms with Gasteiger partial charge in [0.15, 0.2) is 0 Å². The van der Waals surface area contributed by atoms with Crippen molar-refractivity contribution in [1.82, 2.24) is 4.98 Å². The summed E-state index contributed by atoms with van der Waals surface area (Å²) in [5.41, 5.74) is 7.22. The Morgan fingerprint density at radius 1 is 1.32 bits per heavy atom. The fourth-order valence-corrected chi connectivity index (χ4v) is 1.75. The molecule has 19 heavy (non-hydrogen) atoms. The molecule has 0 fully saturated rings. The second-order valence-corrected chi connectivity index (χ2v) is 4.25. The molecule has 0 saturated heterocycles. The van der Waals surface area contributed by atoms with E-state index in [1.807, 2.05) is 11.9 Å². The number of amides is 1. The van der Waals surface area contributed by atoms with E-state index >= 15 is 0 Å². The van der Waals surface area contributed by atoms with Gasteiger partial charge in [-0.1, -0.05) is 12.1 Å². The van der Waals surface area contributed by atoms with E-state index in [9.17, 15) is 9.18 Å². The largest absolute Gasteiger partial charge is 0.370 e. The number of aromatic nitrogens is 1. The summed E-state index contributed by atoms with van der Waals surface area (Å²) in [7, 11) is 1.88. The normalized spacial score (nSPS) is 10.2. The molecule has 1 aromatic carbocycles. The van der Waals surface area contributed by atoms with Crippen molar-refractivity contribution in [3.05, 3.63) is 59.7 Å². The monoisotopic (exact) mass is 259 g/mol. The van der Waals surface area contributed by atoms with Crippen LogP contribution in [-0.2, 0) is 6.54 Å². The minimum absolute atomic E-state index is 0.225. The summed E-state index contributed by atoms with van der Waals surface area (Å²) < 4.78 is 12.8. The maximum Gasteiger partial charge on any atom is 0.267 e. The minimum atomic E-state index is -0.558. The van der Waals surface area contributed by atoms with Crippen molar-refractivity contribution in [3.63, 3.8) is 0 Å². The molecule has 2 rings (SSSR count). The average molecular weight is 259 g/mol. The Bertz CT molecular complexity index is 583. The average Bonchev–Trinajstić information content (AvgIpc) is 2.41. The highest BCUT2D eigenvalue weighted by atomic mass is 19.1. The summed E-state index contributed by atoms with van der Waals surface area (Å²) in [6.45, 7) is 0.600. The van der Waals surface area contributed by atoms with E-state index < -0.39 is 5.91 Å². The van der Waals surface area contributed by atoms with Gasteiger partial charge in [-0.3, -0.25) is 9.78 Å². The van der Waals surface area contributed by atoms with Gasteiger partial charge in [0.05, 0.1) is 0 Å². The first kappa shape index (κ1) is 13.0.